The van der Waals surface area contributed by atoms with E-state index in [-0.39, 0.29) is 30.5 Å². The second kappa shape index (κ2) is 12.8. The Balaban J connectivity index is 0.00000385. The minimum Gasteiger partial charge on any atom is -0.468 e. The second-order valence-corrected chi connectivity index (χ2v) is 8.25. The molecule has 1 atom stereocenters. The zero-order valence-corrected chi connectivity index (χ0v) is 22.1. The Labute approximate surface area is 213 Å². The molecule has 0 saturated heterocycles. The molecule has 0 radical (unpaired) electrons. The molecule has 1 aromatic carbocycles. The molecule has 0 fully saturated rings. The number of aliphatic hydroxyl groups is 1. The summed E-state index contributed by atoms with van der Waals surface area (Å²) >= 11 is 0. The van der Waals surface area contributed by atoms with Crippen LogP contribution in [0.15, 0.2) is 68.6 Å². The first-order valence-electron chi connectivity index (χ1n) is 11.0. The van der Waals surface area contributed by atoms with Crippen molar-refractivity contribution in [3.8, 4) is 0 Å². The van der Waals surface area contributed by atoms with Crippen molar-refractivity contribution in [2.45, 2.75) is 46.0 Å². The third-order valence-corrected chi connectivity index (χ3v) is 5.19. The standard InChI is InChI=1S/C25H34N4O3.HI/c1-5-26-24(28-18-25(3,30)23-13-12-19(2)32-23)27-15-20-9-6-7-10-21(20)16-29(4)17-22-11-8-14-31-22;/h6-14,30H,5,15-18H2,1-4H3,(H2,26,27,28);1H. The molecule has 1 unspecified atom stereocenters. The lowest BCUT2D eigenvalue weighted by atomic mass is 10.0. The third kappa shape index (κ3) is 8.21. The molecule has 180 valence electrons. The molecular formula is C25H35IN4O3. The highest BCUT2D eigenvalue weighted by Gasteiger charge is 2.27. The van der Waals surface area contributed by atoms with Crippen LogP contribution in [0, 0.1) is 6.92 Å². The van der Waals surface area contributed by atoms with Gasteiger partial charge in [-0.1, -0.05) is 24.3 Å². The lowest BCUT2D eigenvalue weighted by Gasteiger charge is -2.23. The van der Waals surface area contributed by atoms with Crippen LogP contribution in [-0.2, 0) is 25.2 Å². The van der Waals surface area contributed by atoms with E-state index < -0.39 is 5.60 Å². The molecule has 7 nitrogen and oxygen atoms in total. The van der Waals surface area contributed by atoms with E-state index in [4.69, 9.17) is 13.8 Å². The summed E-state index contributed by atoms with van der Waals surface area (Å²) in [6, 6.07) is 15.9. The van der Waals surface area contributed by atoms with Gasteiger partial charge in [0.05, 0.1) is 25.9 Å². The minimum absolute atomic E-state index is 0. The predicted octanol–water partition coefficient (Wildman–Crippen LogP) is 4.39. The van der Waals surface area contributed by atoms with Gasteiger partial charge in [0, 0.05) is 13.1 Å². The summed E-state index contributed by atoms with van der Waals surface area (Å²) in [5, 5.41) is 17.3. The molecule has 0 aliphatic heterocycles. The lowest BCUT2D eigenvalue weighted by Crippen LogP contribution is -2.44. The maximum absolute atomic E-state index is 10.8. The van der Waals surface area contributed by atoms with Gasteiger partial charge < -0.3 is 24.6 Å². The Kier molecular flexibility index (Phi) is 10.5. The molecule has 33 heavy (non-hydrogen) atoms. The Morgan fingerprint density at radius 2 is 1.82 bits per heavy atom. The van der Waals surface area contributed by atoms with Crippen LogP contribution >= 0.6 is 24.0 Å². The fraction of sp³-hybridized carbons (Fsp3) is 0.400. The van der Waals surface area contributed by atoms with Crippen molar-refractivity contribution in [3.63, 3.8) is 0 Å². The van der Waals surface area contributed by atoms with E-state index in [2.05, 4.69) is 40.8 Å². The molecule has 0 aliphatic carbocycles. The second-order valence-electron chi connectivity index (χ2n) is 8.25. The first kappa shape index (κ1) is 26.9. The number of hydrogen-bond donors (Lipinski definition) is 3. The van der Waals surface area contributed by atoms with Gasteiger partial charge in [-0.3, -0.25) is 4.90 Å². The highest BCUT2D eigenvalue weighted by atomic mass is 127. The number of furan rings is 2. The summed E-state index contributed by atoms with van der Waals surface area (Å²) < 4.78 is 11.1. The van der Waals surface area contributed by atoms with Crippen LogP contribution in [0.3, 0.4) is 0 Å². The summed E-state index contributed by atoms with van der Waals surface area (Å²) in [5.41, 5.74) is 1.24. The lowest BCUT2D eigenvalue weighted by molar-refractivity contribution is 0.0378. The van der Waals surface area contributed by atoms with E-state index in [1.165, 1.54) is 5.56 Å². The minimum atomic E-state index is -1.14. The summed E-state index contributed by atoms with van der Waals surface area (Å²) in [7, 11) is 2.08. The fourth-order valence-electron chi connectivity index (χ4n) is 3.45. The number of benzene rings is 1. The maximum atomic E-state index is 10.8. The van der Waals surface area contributed by atoms with E-state index in [1.54, 1.807) is 19.3 Å². The summed E-state index contributed by atoms with van der Waals surface area (Å²) in [5.74, 6) is 2.90. The SMILES string of the molecule is CCNC(=NCc1ccccc1CN(C)Cc1ccco1)NCC(C)(O)c1ccc(C)o1.I. The van der Waals surface area contributed by atoms with Crippen LogP contribution in [0.25, 0.3) is 0 Å². The number of nitrogens with zero attached hydrogens (tertiary/aromatic N) is 2. The fourth-order valence-corrected chi connectivity index (χ4v) is 3.45. The molecule has 0 spiro atoms. The Morgan fingerprint density at radius 1 is 1.06 bits per heavy atom. The molecule has 0 saturated carbocycles. The monoisotopic (exact) mass is 566 g/mol. The van der Waals surface area contributed by atoms with Crippen LogP contribution in [0.1, 0.15) is 42.3 Å². The molecule has 3 N–H and O–H groups in total. The zero-order chi connectivity index (χ0) is 23.0. The van der Waals surface area contributed by atoms with Gasteiger partial charge in [0.25, 0.3) is 0 Å². The molecule has 0 aliphatic rings. The van der Waals surface area contributed by atoms with E-state index in [0.717, 1.165) is 36.7 Å². The smallest absolute Gasteiger partial charge is 0.191 e. The van der Waals surface area contributed by atoms with E-state index >= 15 is 0 Å². The first-order valence-corrected chi connectivity index (χ1v) is 11.0. The van der Waals surface area contributed by atoms with Crippen LogP contribution in [-0.4, -0.2) is 36.1 Å². The van der Waals surface area contributed by atoms with Crippen LogP contribution < -0.4 is 10.6 Å². The molecule has 3 aromatic rings. The third-order valence-electron chi connectivity index (χ3n) is 5.19. The molecule has 3 rings (SSSR count). The van der Waals surface area contributed by atoms with Gasteiger partial charge in [0.2, 0.25) is 0 Å². The summed E-state index contributed by atoms with van der Waals surface area (Å²) in [6.07, 6.45) is 1.70. The van der Waals surface area contributed by atoms with Crippen molar-refractivity contribution in [2.75, 3.05) is 20.1 Å². The number of hydrogen-bond acceptors (Lipinski definition) is 5. The van der Waals surface area contributed by atoms with Crippen molar-refractivity contribution in [1.29, 1.82) is 0 Å². The van der Waals surface area contributed by atoms with Gasteiger partial charge >= 0.3 is 0 Å². The Hall–Kier alpha value is -2.30. The molecule has 8 heteroatoms. The first-order chi connectivity index (χ1) is 15.4. The summed E-state index contributed by atoms with van der Waals surface area (Å²) in [4.78, 5) is 6.96. The van der Waals surface area contributed by atoms with Crippen molar-refractivity contribution >= 4 is 29.9 Å². The average molecular weight is 566 g/mol. The molecule has 0 amide bonds. The highest BCUT2D eigenvalue weighted by molar-refractivity contribution is 14.0. The van der Waals surface area contributed by atoms with Gasteiger partial charge in [-0.05, 0) is 63.2 Å². The van der Waals surface area contributed by atoms with Gasteiger partial charge in [-0.15, -0.1) is 24.0 Å². The normalized spacial score (nSPS) is 13.5. The van der Waals surface area contributed by atoms with Crippen molar-refractivity contribution in [2.24, 2.45) is 4.99 Å². The Bertz CT molecular complexity index is 999. The number of halogens is 1. The van der Waals surface area contributed by atoms with E-state index in [9.17, 15) is 5.11 Å². The molecule has 2 heterocycles. The number of rotatable bonds is 10. The van der Waals surface area contributed by atoms with Crippen LogP contribution in [0.4, 0.5) is 0 Å². The van der Waals surface area contributed by atoms with Gasteiger partial charge in [0.1, 0.15) is 22.9 Å². The van der Waals surface area contributed by atoms with Gasteiger partial charge in [-0.25, -0.2) is 4.99 Å². The number of guanidine groups is 1. The average Bonchev–Trinajstić information content (AvgIpc) is 3.43. The quantitative estimate of drug-likeness (QED) is 0.192. The Morgan fingerprint density at radius 3 is 2.45 bits per heavy atom. The summed E-state index contributed by atoms with van der Waals surface area (Å²) in [6.45, 7) is 8.68. The van der Waals surface area contributed by atoms with Crippen molar-refractivity contribution < 1.29 is 13.9 Å². The predicted molar refractivity (Wildman–Crippen MR) is 142 cm³/mol. The van der Waals surface area contributed by atoms with Gasteiger partial charge in [-0.2, -0.15) is 0 Å². The topological polar surface area (TPSA) is 86.2 Å². The number of aryl methyl sites for hydroxylation is 1. The number of nitrogens with one attached hydrogen (secondary N) is 2. The largest absolute Gasteiger partial charge is 0.468 e. The molecular weight excluding hydrogens is 531 g/mol. The van der Waals surface area contributed by atoms with E-state index in [0.29, 0.717) is 18.3 Å². The van der Waals surface area contributed by atoms with Crippen molar-refractivity contribution in [1.82, 2.24) is 15.5 Å². The highest BCUT2D eigenvalue weighted by Crippen LogP contribution is 2.22. The van der Waals surface area contributed by atoms with Gasteiger partial charge in [0.15, 0.2) is 5.96 Å². The van der Waals surface area contributed by atoms with Crippen molar-refractivity contribution in [3.05, 3.63) is 83.2 Å². The maximum Gasteiger partial charge on any atom is 0.191 e. The van der Waals surface area contributed by atoms with E-state index in [1.807, 2.05) is 38.1 Å². The molecule has 2 aromatic heterocycles. The number of aliphatic imine (C=N–C) groups is 1. The van der Waals surface area contributed by atoms with Crippen LogP contribution in [0.5, 0.6) is 0 Å². The molecule has 0 bridgehead atoms. The van der Waals surface area contributed by atoms with Crippen LogP contribution in [0.2, 0.25) is 0 Å². The zero-order valence-electron chi connectivity index (χ0n) is 19.8.